The first-order chi connectivity index (χ1) is 11.7. The highest BCUT2D eigenvalue weighted by Gasteiger charge is 2.17. The second-order valence-electron chi connectivity index (χ2n) is 6.28. The number of anilines is 2. The van der Waals surface area contributed by atoms with Crippen molar-refractivity contribution in [2.24, 2.45) is 0 Å². The van der Waals surface area contributed by atoms with E-state index < -0.39 is 0 Å². The predicted octanol–water partition coefficient (Wildman–Crippen LogP) is 2.47. The fourth-order valence-electron chi connectivity index (χ4n) is 3.29. The zero-order valence-corrected chi connectivity index (χ0v) is 13.3. The van der Waals surface area contributed by atoms with Crippen LogP contribution in [0.15, 0.2) is 36.4 Å². The lowest BCUT2D eigenvalue weighted by Crippen LogP contribution is -2.24. The number of nitrogens with one attached hydrogen (secondary N) is 3. The van der Waals surface area contributed by atoms with E-state index in [9.17, 15) is 9.59 Å². The van der Waals surface area contributed by atoms with Gasteiger partial charge in [-0.3, -0.25) is 9.59 Å². The third-order valence-electron chi connectivity index (χ3n) is 4.61. The Kier molecular flexibility index (Phi) is 3.78. The molecule has 0 unspecified atom stereocenters. The maximum absolute atomic E-state index is 12.5. The summed E-state index contributed by atoms with van der Waals surface area (Å²) in [6, 6.07) is 11.5. The largest absolute Gasteiger partial charge is 0.326 e. The Balaban J connectivity index is 1.53. The summed E-state index contributed by atoms with van der Waals surface area (Å²) in [5, 5.41) is 9.15. The molecule has 0 radical (unpaired) electrons. The topological polar surface area (TPSA) is 70.2 Å². The van der Waals surface area contributed by atoms with Gasteiger partial charge in [0.1, 0.15) is 0 Å². The molecule has 2 aliphatic rings. The van der Waals surface area contributed by atoms with Crippen LogP contribution in [0.1, 0.15) is 33.5 Å². The highest BCUT2D eigenvalue weighted by molar-refractivity contribution is 6.05. The van der Waals surface area contributed by atoms with Gasteiger partial charge in [-0.2, -0.15) is 0 Å². The monoisotopic (exact) mass is 321 g/mol. The number of amides is 2. The van der Waals surface area contributed by atoms with E-state index in [1.165, 1.54) is 11.1 Å². The summed E-state index contributed by atoms with van der Waals surface area (Å²) >= 11 is 0. The van der Waals surface area contributed by atoms with Crippen molar-refractivity contribution in [2.45, 2.75) is 25.8 Å². The lowest BCUT2D eigenvalue weighted by atomic mass is 9.99. The van der Waals surface area contributed by atoms with E-state index in [0.717, 1.165) is 36.4 Å². The maximum Gasteiger partial charge on any atom is 0.255 e. The van der Waals surface area contributed by atoms with Gasteiger partial charge in [0.25, 0.3) is 5.91 Å². The molecule has 0 bridgehead atoms. The second kappa shape index (κ2) is 6.09. The quantitative estimate of drug-likeness (QED) is 0.796. The number of fused-ring (bicyclic) bond motifs is 2. The number of carbonyl (C=O) groups is 2. The van der Waals surface area contributed by atoms with Crippen molar-refractivity contribution in [3.63, 3.8) is 0 Å². The van der Waals surface area contributed by atoms with Crippen LogP contribution in [0, 0.1) is 0 Å². The number of hydrogen-bond acceptors (Lipinski definition) is 3. The van der Waals surface area contributed by atoms with E-state index in [2.05, 4.69) is 22.0 Å². The number of aryl methyl sites for hydroxylation is 1. The van der Waals surface area contributed by atoms with Gasteiger partial charge in [-0.05, 0) is 66.4 Å². The molecule has 0 atom stereocenters. The van der Waals surface area contributed by atoms with Gasteiger partial charge in [0.15, 0.2) is 0 Å². The molecule has 0 spiro atoms. The van der Waals surface area contributed by atoms with E-state index in [0.29, 0.717) is 18.4 Å². The second-order valence-corrected chi connectivity index (χ2v) is 6.28. The summed E-state index contributed by atoms with van der Waals surface area (Å²) in [5.41, 5.74) is 5.83. The molecule has 3 N–H and O–H groups in total. The van der Waals surface area contributed by atoms with E-state index >= 15 is 0 Å². The minimum absolute atomic E-state index is 0.0300. The minimum atomic E-state index is -0.126. The normalized spacial score (nSPS) is 15.9. The van der Waals surface area contributed by atoms with Crippen LogP contribution in [-0.2, 0) is 24.2 Å². The van der Waals surface area contributed by atoms with Gasteiger partial charge in [0, 0.05) is 29.9 Å². The number of hydrogen-bond donors (Lipinski definition) is 3. The zero-order valence-electron chi connectivity index (χ0n) is 13.3. The summed E-state index contributed by atoms with van der Waals surface area (Å²) in [5.74, 6) is -0.0965. The van der Waals surface area contributed by atoms with Gasteiger partial charge in [-0.15, -0.1) is 0 Å². The molecule has 0 saturated heterocycles. The molecule has 2 heterocycles. The Morgan fingerprint density at radius 1 is 0.958 bits per heavy atom. The van der Waals surface area contributed by atoms with E-state index in [-0.39, 0.29) is 11.8 Å². The van der Waals surface area contributed by atoms with Crippen LogP contribution in [0.4, 0.5) is 11.4 Å². The Labute approximate surface area is 140 Å². The van der Waals surface area contributed by atoms with E-state index in [1.54, 1.807) is 12.1 Å². The Hall–Kier alpha value is -2.66. The molecule has 4 rings (SSSR count). The average Bonchev–Trinajstić information content (AvgIpc) is 2.61. The molecule has 2 aliphatic heterocycles. The van der Waals surface area contributed by atoms with Gasteiger partial charge in [0.05, 0.1) is 0 Å². The smallest absolute Gasteiger partial charge is 0.255 e. The number of carbonyl (C=O) groups excluding carboxylic acids is 2. The summed E-state index contributed by atoms with van der Waals surface area (Å²) in [7, 11) is 0. The third kappa shape index (κ3) is 2.90. The SMILES string of the molecule is O=C1CCc2cc(C(=O)Nc3ccc4c(c3)CNCC4)ccc2N1. The molecule has 0 saturated carbocycles. The summed E-state index contributed by atoms with van der Waals surface area (Å²) in [6.07, 6.45) is 2.17. The van der Waals surface area contributed by atoms with Crippen LogP contribution >= 0.6 is 0 Å². The molecule has 2 amide bonds. The molecule has 0 aliphatic carbocycles. The van der Waals surface area contributed by atoms with Crippen molar-refractivity contribution >= 4 is 23.2 Å². The molecule has 2 aromatic carbocycles. The number of benzene rings is 2. The molecule has 122 valence electrons. The highest BCUT2D eigenvalue weighted by Crippen LogP contribution is 2.24. The summed E-state index contributed by atoms with van der Waals surface area (Å²) in [6.45, 7) is 1.85. The first-order valence-corrected chi connectivity index (χ1v) is 8.26. The van der Waals surface area contributed by atoms with Crippen molar-refractivity contribution in [3.8, 4) is 0 Å². The first kappa shape index (κ1) is 14.9. The van der Waals surface area contributed by atoms with E-state index in [1.807, 2.05) is 18.2 Å². The van der Waals surface area contributed by atoms with Crippen LogP contribution in [-0.4, -0.2) is 18.4 Å². The van der Waals surface area contributed by atoms with E-state index in [4.69, 9.17) is 0 Å². The molecular formula is C19H19N3O2. The van der Waals surface area contributed by atoms with Gasteiger partial charge in [-0.25, -0.2) is 0 Å². The van der Waals surface area contributed by atoms with Crippen LogP contribution in [0.25, 0.3) is 0 Å². The summed E-state index contributed by atoms with van der Waals surface area (Å²) < 4.78 is 0. The molecule has 5 heteroatoms. The van der Waals surface area contributed by atoms with Crippen molar-refractivity contribution in [2.75, 3.05) is 17.2 Å². The molecule has 5 nitrogen and oxygen atoms in total. The zero-order chi connectivity index (χ0) is 16.5. The summed E-state index contributed by atoms with van der Waals surface area (Å²) in [4.78, 5) is 23.9. The van der Waals surface area contributed by atoms with Gasteiger partial charge in [-0.1, -0.05) is 6.07 Å². The Morgan fingerprint density at radius 3 is 2.79 bits per heavy atom. The predicted molar refractivity (Wildman–Crippen MR) is 93.2 cm³/mol. The van der Waals surface area contributed by atoms with Gasteiger partial charge < -0.3 is 16.0 Å². The fraction of sp³-hybridized carbons (Fsp3) is 0.263. The average molecular weight is 321 g/mol. The third-order valence-corrected chi connectivity index (χ3v) is 4.61. The minimum Gasteiger partial charge on any atom is -0.326 e. The van der Waals surface area contributed by atoms with Crippen LogP contribution in [0.2, 0.25) is 0 Å². The van der Waals surface area contributed by atoms with Crippen LogP contribution in [0.5, 0.6) is 0 Å². The maximum atomic E-state index is 12.5. The lowest BCUT2D eigenvalue weighted by Gasteiger charge is -2.19. The van der Waals surface area contributed by atoms with Crippen molar-refractivity contribution in [1.29, 1.82) is 0 Å². The lowest BCUT2D eigenvalue weighted by molar-refractivity contribution is -0.116. The standard InChI is InChI=1S/C19H19N3O2/c23-18-6-3-13-9-14(2-5-17(13)22-18)19(24)21-16-4-1-12-7-8-20-11-15(12)10-16/h1-2,4-5,9-10,20H,3,6-8,11H2,(H,21,24)(H,22,23). The Morgan fingerprint density at radius 2 is 1.88 bits per heavy atom. The van der Waals surface area contributed by atoms with Gasteiger partial charge in [0.2, 0.25) is 5.91 Å². The van der Waals surface area contributed by atoms with Crippen molar-refractivity contribution in [3.05, 3.63) is 58.7 Å². The van der Waals surface area contributed by atoms with Crippen molar-refractivity contribution in [1.82, 2.24) is 5.32 Å². The molecule has 0 fully saturated rings. The first-order valence-electron chi connectivity index (χ1n) is 8.26. The van der Waals surface area contributed by atoms with Crippen LogP contribution in [0.3, 0.4) is 0 Å². The van der Waals surface area contributed by atoms with Crippen molar-refractivity contribution < 1.29 is 9.59 Å². The molecular weight excluding hydrogens is 302 g/mol. The van der Waals surface area contributed by atoms with Crippen LogP contribution < -0.4 is 16.0 Å². The fourth-order valence-corrected chi connectivity index (χ4v) is 3.29. The molecule has 0 aromatic heterocycles. The highest BCUT2D eigenvalue weighted by atomic mass is 16.2. The molecule has 24 heavy (non-hydrogen) atoms. The Bertz CT molecular complexity index is 829. The number of rotatable bonds is 2. The van der Waals surface area contributed by atoms with Gasteiger partial charge >= 0.3 is 0 Å². The molecule has 2 aromatic rings.